The zero-order chi connectivity index (χ0) is 18.8. The molecule has 2 nitrogen and oxygen atoms in total. The lowest BCUT2D eigenvalue weighted by Crippen LogP contribution is -2.34. The molecule has 2 heterocycles. The molecule has 1 fully saturated rings. The Morgan fingerprint density at radius 1 is 1.07 bits per heavy atom. The highest BCUT2D eigenvalue weighted by Gasteiger charge is 2.29. The van der Waals surface area contributed by atoms with Crippen LogP contribution in [0.5, 0.6) is 0 Å². The van der Waals surface area contributed by atoms with E-state index in [0.717, 1.165) is 18.1 Å². The lowest BCUT2D eigenvalue weighted by molar-refractivity contribution is 0.295. The molecule has 140 valence electrons. The number of benzene rings is 2. The van der Waals surface area contributed by atoms with Gasteiger partial charge in [0.1, 0.15) is 0 Å². The third-order valence-electron chi connectivity index (χ3n) is 5.70. The maximum absolute atomic E-state index is 6.15. The topological polar surface area (TPSA) is 17.0 Å². The molecule has 27 heavy (non-hydrogen) atoms. The summed E-state index contributed by atoms with van der Waals surface area (Å²) in [6, 6.07) is 19.4. The molecule has 4 rings (SSSR count). The van der Waals surface area contributed by atoms with Crippen LogP contribution >= 0.6 is 11.6 Å². The fourth-order valence-corrected chi connectivity index (χ4v) is 4.49. The van der Waals surface area contributed by atoms with Gasteiger partial charge in [-0.2, -0.15) is 0 Å². The Hall–Kier alpha value is -2.03. The summed E-state index contributed by atoms with van der Waals surface area (Å²) < 4.78 is 2.45. The van der Waals surface area contributed by atoms with E-state index in [0.29, 0.717) is 12.0 Å². The van der Waals surface area contributed by atoms with Gasteiger partial charge in [0.05, 0.1) is 6.04 Å². The van der Waals surface area contributed by atoms with E-state index < -0.39 is 0 Å². The van der Waals surface area contributed by atoms with Crippen molar-refractivity contribution >= 4 is 11.6 Å². The smallest absolute Gasteiger partial charge is 0.0507 e. The molecular formula is C24H27ClN2. The summed E-state index contributed by atoms with van der Waals surface area (Å²) in [6.07, 6.45) is 4.84. The summed E-state index contributed by atoms with van der Waals surface area (Å²) >= 11 is 6.15. The van der Waals surface area contributed by atoms with Crippen LogP contribution in [0.2, 0.25) is 5.02 Å². The number of aryl methyl sites for hydroxylation is 1. The first-order valence-electron chi connectivity index (χ1n) is 9.86. The molecule has 0 aliphatic carbocycles. The summed E-state index contributed by atoms with van der Waals surface area (Å²) in [5.41, 5.74) is 6.67. The molecule has 1 aliphatic rings. The van der Waals surface area contributed by atoms with Gasteiger partial charge in [-0.15, -0.1) is 0 Å². The van der Waals surface area contributed by atoms with Crippen molar-refractivity contribution in [3.05, 3.63) is 82.6 Å². The second-order valence-corrected chi connectivity index (χ2v) is 8.18. The minimum atomic E-state index is 0.377. The minimum Gasteiger partial charge on any atom is -0.345 e. The number of rotatable bonds is 4. The van der Waals surface area contributed by atoms with Crippen LogP contribution in [0, 0.1) is 12.8 Å². The fourth-order valence-electron chi connectivity index (χ4n) is 4.37. The minimum absolute atomic E-state index is 0.377. The standard InChI is InChI=1S/C24H27ClN2/c1-17-7-6-14-26-23(17)24-22(20-10-12-21(25)13-11-20)18(2)15-27(24)16-19-8-4-3-5-9-19/h3-5,8-13,15,17,23,26H,6-7,14,16H2,1-2H3. The van der Waals surface area contributed by atoms with Crippen LogP contribution in [0.4, 0.5) is 0 Å². The van der Waals surface area contributed by atoms with E-state index in [-0.39, 0.29) is 0 Å². The predicted molar refractivity (Wildman–Crippen MR) is 114 cm³/mol. The Balaban J connectivity index is 1.83. The van der Waals surface area contributed by atoms with E-state index in [4.69, 9.17) is 11.6 Å². The van der Waals surface area contributed by atoms with Crippen LogP contribution < -0.4 is 5.32 Å². The molecule has 0 radical (unpaired) electrons. The van der Waals surface area contributed by atoms with Gasteiger partial charge in [-0.05, 0) is 61.1 Å². The summed E-state index contributed by atoms with van der Waals surface area (Å²) in [6.45, 7) is 6.58. The van der Waals surface area contributed by atoms with Crippen LogP contribution in [0.1, 0.15) is 42.6 Å². The Kier molecular flexibility index (Phi) is 5.38. The maximum atomic E-state index is 6.15. The number of hydrogen-bond acceptors (Lipinski definition) is 1. The second-order valence-electron chi connectivity index (χ2n) is 7.74. The molecule has 0 bridgehead atoms. The van der Waals surface area contributed by atoms with Crippen LogP contribution in [0.15, 0.2) is 60.8 Å². The third-order valence-corrected chi connectivity index (χ3v) is 5.95. The van der Waals surface area contributed by atoms with Gasteiger partial charge in [-0.25, -0.2) is 0 Å². The van der Waals surface area contributed by atoms with E-state index in [1.165, 1.54) is 40.8 Å². The first-order valence-corrected chi connectivity index (χ1v) is 10.2. The van der Waals surface area contributed by atoms with Gasteiger partial charge in [0, 0.05) is 29.0 Å². The number of hydrogen-bond donors (Lipinski definition) is 1. The van der Waals surface area contributed by atoms with Crippen molar-refractivity contribution in [2.45, 2.75) is 39.3 Å². The number of piperidine rings is 1. The van der Waals surface area contributed by atoms with Gasteiger partial charge in [-0.3, -0.25) is 0 Å². The van der Waals surface area contributed by atoms with E-state index >= 15 is 0 Å². The molecule has 2 atom stereocenters. The molecular weight excluding hydrogens is 352 g/mol. The average Bonchev–Trinajstić information content (AvgIpc) is 2.99. The van der Waals surface area contributed by atoms with Gasteiger partial charge in [0.2, 0.25) is 0 Å². The largest absolute Gasteiger partial charge is 0.345 e. The van der Waals surface area contributed by atoms with Crippen LogP contribution in [-0.2, 0) is 6.54 Å². The highest BCUT2D eigenvalue weighted by Crippen LogP contribution is 2.39. The van der Waals surface area contributed by atoms with Crippen LogP contribution in [-0.4, -0.2) is 11.1 Å². The SMILES string of the molecule is Cc1cn(Cc2ccccc2)c(C2NCCCC2C)c1-c1ccc(Cl)cc1. The van der Waals surface area contributed by atoms with Gasteiger partial charge in [0.25, 0.3) is 0 Å². The van der Waals surface area contributed by atoms with E-state index in [9.17, 15) is 0 Å². The van der Waals surface area contributed by atoms with Crippen molar-refractivity contribution in [2.75, 3.05) is 6.54 Å². The maximum Gasteiger partial charge on any atom is 0.0507 e. The number of nitrogens with zero attached hydrogens (tertiary/aromatic N) is 1. The van der Waals surface area contributed by atoms with Crippen LogP contribution in [0.25, 0.3) is 11.1 Å². The summed E-state index contributed by atoms with van der Waals surface area (Å²) in [4.78, 5) is 0. The van der Waals surface area contributed by atoms with Gasteiger partial charge >= 0.3 is 0 Å². The van der Waals surface area contributed by atoms with Gasteiger partial charge in [0.15, 0.2) is 0 Å². The molecule has 0 amide bonds. The molecule has 0 spiro atoms. The van der Waals surface area contributed by atoms with Crippen molar-refractivity contribution < 1.29 is 0 Å². The third kappa shape index (κ3) is 3.83. The lowest BCUT2D eigenvalue weighted by Gasteiger charge is -2.32. The van der Waals surface area contributed by atoms with Crippen molar-refractivity contribution in [1.29, 1.82) is 0 Å². The quantitative estimate of drug-likeness (QED) is 0.569. The number of nitrogens with one attached hydrogen (secondary N) is 1. The van der Waals surface area contributed by atoms with Crippen molar-refractivity contribution in [3.63, 3.8) is 0 Å². The van der Waals surface area contributed by atoms with Crippen LogP contribution in [0.3, 0.4) is 0 Å². The van der Waals surface area contributed by atoms with Gasteiger partial charge in [-0.1, -0.05) is 61.0 Å². The number of aromatic nitrogens is 1. The van der Waals surface area contributed by atoms with E-state index in [1.54, 1.807) is 0 Å². The fraction of sp³-hybridized carbons (Fsp3) is 0.333. The Morgan fingerprint density at radius 2 is 1.81 bits per heavy atom. The van der Waals surface area contributed by atoms with Crippen molar-refractivity contribution in [2.24, 2.45) is 5.92 Å². The predicted octanol–water partition coefficient (Wildman–Crippen LogP) is 6.23. The van der Waals surface area contributed by atoms with Crippen molar-refractivity contribution in [3.8, 4) is 11.1 Å². The molecule has 3 aromatic rings. The Bertz CT molecular complexity index is 896. The molecule has 1 aliphatic heterocycles. The average molecular weight is 379 g/mol. The summed E-state index contributed by atoms with van der Waals surface area (Å²) in [5.74, 6) is 0.619. The first-order chi connectivity index (χ1) is 13.1. The van der Waals surface area contributed by atoms with E-state index in [1.807, 2.05) is 12.1 Å². The lowest BCUT2D eigenvalue weighted by atomic mass is 9.87. The molecule has 1 saturated heterocycles. The molecule has 1 aromatic heterocycles. The molecule has 3 heteroatoms. The highest BCUT2D eigenvalue weighted by atomic mass is 35.5. The zero-order valence-corrected chi connectivity index (χ0v) is 16.8. The summed E-state index contributed by atoms with van der Waals surface area (Å²) in [7, 11) is 0. The zero-order valence-electron chi connectivity index (χ0n) is 16.1. The molecule has 2 aromatic carbocycles. The molecule has 2 unspecified atom stereocenters. The molecule has 1 N–H and O–H groups in total. The first kappa shape index (κ1) is 18.3. The normalized spacial score (nSPS) is 20.0. The molecule has 0 saturated carbocycles. The highest BCUT2D eigenvalue weighted by molar-refractivity contribution is 6.30. The van der Waals surface area contributed by atoms with Crippen molar-refractivity contribution in [1.82, 2.24) is 9.88 Å². The monoisotopic (exact) mass is 378 g/mol. The number of halogens is 1. The van der Waals surface area contributed by atoms with E-state index in [2.05, 4.69) is 72.4 Å². The second kappa shape index (κ2) is 7.92. The Labute approximate surface area is 167 Å². The summed E-state index contributed by atoms with van der Waals surface area (Å²) in [5, 5.41) is 4.58. The van der Waals surface area contributed by atoms with Gasteiger partial charge < -0.3 is 9.88 Å². The Morgan fingerprint density at radius 3 is 2.52 bits per heavy atom.